The third-order valence-corrected chi connectivity index (χ3v) is 3.94. The highest BCUT2D eigenvalue weighted by Gasteiger charge is 2.35. The number of carbonyl (C=O) groups is 1. The maximum absolute atomic E-state index is 13.2. The fourth-order valence-electron chi connectivity index (χ4n) is 2.73. The summed E-state index contributed by atoms with van der Waals surface area (Å²) in [4.78, 5) is 34.8. The maximum Gasteiger partial charge on any atom is 0.287 e. The number of nitrogens with zero attached hydrogens (tertiary/aromatic N) is 2. The third-order valence-electron chi connectivity index (χ3n) is 3.94. The van der Waals surface area contributed by atoms with Gasteiger partial charge in [-0.15, -0.1) is 0 Å². The van der Waals surface area contributed by atoms with E-state index in [-0.39, 0.29) is 33.8 Å². The maximum atomic E-state index is 13.2. The van der Waals surface area contributed by atoms with E-state index in [1.807, 2.05) is 0 Å². The monoisotopic (exact) mass is 360 g/mol. The zero-order valence-corrected chi connectivity index (χ0v) is 14.6. The number of methoxy groups -OCH3 is 2. The Morgan fingerprint density at radius 2 is 1.15 bits per heavy atom. The normalized spacial score (nSPS) is 10.3. The molecule has 0 amide bonds. The highest BCUT2D eigenvalue weighted by atomic mass is 16.6. The molecule has 2 aromatic rings. The van der Waals surface area contributed by atoms with Gasteiger partial charge in [0, 0.05) is 11.1 Å². The molecular formula is C17H16N2O7. The minimum Gasteiger partial charge on any atom is -0.496 e. The van der Waals surface area contributed by atoms with Crippen molar-refractivity contribution in [3.8, 4) is 11.5 Å². The largest absolute Gasteiger partial charge is 0.496 e. The lowest BCUT2D eigenvalue weighted by Crippen LogP contribution is -2.13. The summed E-state index contributed by atoms with van der Waals surface area (Å²) in [6.45, 7) is 2.94. The Labute approximate surface area is 148 Å². The summed E-state index contributed by atoms with van der Waals surface area (Å²) >= 11 is 0. The topological polar surface area (TPSA) is 122 Å². The van der Waals surface area contributed by atoms with Crippen LogP contribution in [0, 0.1) is 34.1 Å². The number of nitro benzene ring substituents is 2. The molecule has 0 aliphatic carbocycles. The Kier molecular flexibility index (Phi) is 5.20. The van der Waals surface area contributed by atoms with Gasteiger partial charge in [0.15, 0.2) is 0 Å². The van der Waals surface area contributed by atoms with Gasteiger partial charge in [-0.1, -0.05) is 0 Å². The van der Waals surface area contributed by atoms with Crippen LogP contribution in [0.25, 0.3) is 0 Å². The number of ketones is 1. The SMILES string of the molecule is COc1ccc(C)c([N+](=O)[O-])c1C(=O)c1c(OC)ccc(C)c1[N+](=O)[O-]. The summed E-state index contributed by atoms with van der Waals surface area (Å²) in [5.41, 5.74) is -1.18. The minimum atomic E-state index is -0.912. The Balaban J connectivity index is 2.92. The van der Waals surface area contributed by atoms with Crippen molar-refractivity contribution in [3.05, 3.63) is 66.7 Å². The number of ether oxygens (including phenoxy) is 2. The molecule has 0 aliphatic rings. The number of benzene rings is 2. The van der Waals surface area contributed by atoms with Crippen molar-refractivity contribution in [1.82, 2.24) is 0 Å². The van der Waals surface area contributed by atoms with Gasteiger partial charge in [-0.2, -0.15) is 0 Å². The molecule has 0 aromatic heterocycles. The van der Waals surface area contributed by atoms with E-state index in [4.69, 9.17) is 9.47 Å². The van der Waals surface area contributed by atoms with Crippen LogP contribution in [0.2, 0.25) is 0 Å². The van der Waals surface area contributed by atoms with Gasteiger partial charge >= 0.3 is 0 Å². The molecule has 0 bridgehead atoms. The van der Waals surface area contributed by atoms with Gasteiger partial charge in [0.25, 0.3) is 11.4 Å². The summed E-state index contributed by atoms with van der Waals surface area (Å²) < 4.78 is 10.2. The summed E-state index contributed by atoms with van der Waals surface area (Å²) in [6, 6.07) is 5.69. The number of aryl methyl sites for hydroxylation is 2. The average molecular weight is 360 g/mol. The molecule has 2 rings (SSSR count). The van der Waals surface area contributed by atoms with Crippen molar-refractivity contribution < 1.29 is 24.1 Å². The molecule has 9 heteroatoms. The summed E-state index contributed by atoms with van der Waals surface area (Å²) in [5, 5.41) is 23.0. The van der Waals surface area contributed by atoms with Crippen molar-refractivity contribution >= 4 is 17.2 Å². The van der Waals surface area contributed by atoms with Gasteiger partial charge in [-0.25, -0.2) is 0 Å². The van der Waals surface area contributed by atoms with Crippen LogP contribution in [-0.2, 0) is 0 Å². The van der Waals surface area contributed by atoms with Gasteiger partial charge in [-0.3, -0.25) is 25.0 Å². The van der Waals surface area contributed by atoms with E-state index < -0.39 is 27.0 Å². The van der Waals surface area contributed by atoms with Crippen molar-refractivity contribution in [2.45, 2.75) is 13.8 Å². The second kappa shape index (κ2) is 7.18. The first kappa shape index (κ1) is 18.8. The van der Waals surface area contributed by atoms with Crippen LogP contribution in [0.5, 0.6) is 11.5 Å². The summed E-state index contributed by atoms with van der Waals surface area (Å²) in [5.74, 6) is -1.01. The van der Waals surface area contributed by atoms with E-state index in [1.54, 1.807) is 0 Å². The van der Waals surface area contributed by atoms with E-state index >= 15 is 0 Å². The van der Waals surface area contributed by atoms with Gasteiger partial charge in [-0.05, 0) is 38.1 Å². The minimum absolute atomic E-state index is 0.0508. The molecule has 9 nitrogen and oxygen atoms in total. The van der Waals surface area contributed by atoms with Crippen molar-refractivity contribution in [3.63, 3.8) is 0 Å². The first-order chi connectivity index (χ1) is 12.2. The second-order valence-corrected chi connectivity index (χ2v) is 5.46. The third kappa shape index (κ3) is 3.06. The van der Waals surface area contributed by atoms with Crippen molar-refractivity contribution in [1.29, 1.82) is 0 Å². The highest BCUT2D eigenvalue weighted by Crippen LogP contribution is 2.39. The van der Waals surface area contributed by atoms with Crippen LogP contribution in [0.3, 0.4) is 0 Å². The summed E-state index contributed by atoms with van der Waals surface area (Å²) in [6.07, 6.45) is 0. The number of hydrogen-bond acceptors (Lipinski definition) is 7. The van der Waals surface area contributed by atoms with Crippen molar-refractivity contribution in [2.75, 3.05) is 14.2 Å². The van der Waals surface area contributed by atoms with E-state index in [0.29, 0.717) is 0 Å². The zero-order valence-electron chi connectivity index (χ0n) is 14.6. The molecule has 0 saturated heterocycles. The van der Waals surface area contributed by atoms with Gasteiger partial charge in [0.2, 0.25) is 5.78 Å². The number of nitro groups is 2. The van der Waals surface area contributed by atoms with Crippen LogP contribution < -0.4 is 9.47 Å². The highest BCUT2D eigenvalue weighted by molar-refractivity contribution is 6.17. The fourth-order valence-corrected chi connectivity index (χ4v) is 2.73. The predicted octanol–water partition coefficient (Wildman–Crippen LogP) is 3.37. The lowest BCUT2D eigenvalue weighted by Gasteiger charge is -2.13. The molecule has 26 heavy (non-hydrogen) atoms. The molecule has 2 aromatic carbocycles. The molecule has 0 unspecified atom stereocenters. The Morgan fingerprint density at radius 1 is 0.808 bits per heavy atom. The van der Waals surface area contributed by atoms with Crippen LogP contribution in [0.15, 0.2) is 24.3 Å². The van der Waals surface area contributed by atoms with Crippen LogP contribution >= 0.6 is 0 Å². The molecule has 136 valence electrons. The van der Waals surface area contributed by atoms with E-state index in [9.17, 15) is 25.0 Å². The Morgan fingerprint density at radius 3 is 1.42 bits per heavy atom. The van der Waals surface area contributed by atoms with E-state index in [1.165, 1.54) is 52.3 Å². The molecule has 0 aliphatic heterocycles. The lowest BCUT2D eigenvalue weighted by molar-refractivity contribution is -0.386. The molecule has 0 saturated carbocycles. The second-order valence-electron chi connectivity index (χ2n) is 5.46. The van der Waals surface area contributed by atoms with Crippen LogP contribution in [0.1, 0.15) is 27.0 Å². The van der Waals surface area contributed by atoms with E-state index in [2.05, 4.69) is 0 Å². The summed E-state index contributed by atoms with van der Waals surface area (Å²) in [7, 11) is 2.51. The lowest BCUT2D eigenvalue weighted by atomic mass is 9.94. The number of rotatable bonds is 6. The molecule has 0 heterocycles. The zero-order chi connectivity index (χ0) is 19.6. The Hall–Kier alpha value is -3.49. The first-order valence-corrected chi connectivity index (χ1v) is 7.43. The standard InChI is InChI=1S/C17H16N2O7/c1-9-5-7-11(25-3)13(15(9)18(21)22)17(20)14-12(26-4)8-6-10(2)16(14)19(23)24/h5-8H,1-4H3. The Bertz CT molecular complexity index is 848. The number of carbonyl (C=O) groups excluding carboxylic acids is 1. The number of hydrogen-bond donors (Lipinski definition) is 0. The van der Waals surface area contributed by atoms with Gasteiger partial charge in [0.05, 0.1) is 24.1 Å². The van der Waals surface area contributed by atoms with E-state index in [0.717, 1.165) is 0 Å². The van der Waals surface area contributed by atoms with Crippen molar-refractivity contribution in [2.24, 2.45) is 0 Å². The quantitative estimate of drug-likeness (QED) is 0.439. The predicted molar refractivity (Wildman–Crippen MR) is 92.2 cm³/mol. The molecule has 0 atom stereocenters. The first-order valence-electron chi connectivity index (χ1n) is 7.43. The van der Waals surface area contributed by atoms with Crippen LogP contribution in [-0.4, -0.2) is 29.8 Å². The fraction of sp³-hybridized carbons (Fsp3) is 0.235. The molecular weight excluding hydrogens is 344 g/mol. The average Bonchev–Trinajstić information content (AvgIpc) is 2.59. The molecule has 0 spiro atoms. The molecule has 0 N–H and O–H groups in total. The van der Waals surface area contributed by atoms with Gasteiger partial charge < -0.3 is 9.47 Å². The molecule has 0 fully saturated rings. The molecule has 0 radical (unpaired) electrons. The smallest absolute Gasteiger partial charge is 0.287 e. The van der Waals surface area contributed by atoms with Gasteiger partial charge in [0.1, 0.15) is 22.6 Å². The van der Waals surface area contributed by atoms with Crippen LogP contribution in [0.4, 0.5) is 11.4 Å².